The van der Waals surface area contributed by atoms with E-state index in [1.807, 2.05) is 18.2 Å². The second kappa shape index (κ2) is 6.29. The summed E-state index contributed by atoms with van der Waals surface area (Å²) in [7, 11) is 1.53. The van der Waals surface area contributed by atoms with E-state index in [0.29, 0.717) is 5.12 Å². The summed E-state index contributed by atoms with van der Waals surface area (Å²) in [6.07, 6.45) is 7.36. The maximum atomic E-state index is 11.9. The molecular formula is C13H14OSSe. The Labute approximate surface area is 106 Å². The van der Waals surface area contributed by atoms with Crippen LogP contribution in [0, 0.1) is 5.92 Å². The standard InChI is InChI=1S/C13H14OSSe/c14-13(11-7-3-1-4-8-11)15-16-12-9-5-2-6-10-12/h1-3,5-6,9-11H,4,7-8H2. The number of carbonyl (C=O) groups excluding carboxylic acids is 1. The number of hydrogen-bond donors (Lipinski definition) is 0. The average molecular weight is 297 g/mol. The van der Waals surface area contributed by atoms with Gasteiger partial charge in [0.05, 0.1) is 0 Å². The van der Waals surface area contributed by atoms with Crippen molar-refractivity contribution >= 4 is 33.6 Å². The van der Waals surface area contributed by atoms with E-state index in [9.17, 15) is 4.79 Å². The maximum absolute atomic E-state index is 11.9. The van der Waals surface area contributed by atoms with Crippen LogP contribution in [0.2, 0.25) is 0 Å². The van der Waals surface area contributed by atoms with Gasteiger partial charge >= 0.3 is 106 Å². The number of benzene rings is 1. The third kappa shape index (κ3) is 3.51. The molecule has 1 aliphatic carbocycles. The minimum absolute atomic E-state index is 0.236. The number of hydrogen-bond acceptors (Lipinski definition) is 2. The summed E-state index contributed by atoms with van der Waals surface area (Å²) >= 11 is 0.236. The van der Waals surface area contributed by atoms with Gasteiger partial charge in [-0.1, -0.05) is 0 Å². The van der Waals surface area contributed by atoms with Gasteiger partial charge in [0.1, 0.15) is 0 Å². The van der Waals surface area contributed by atoms with Gasteiger partial charge in [-0.15, -0.1) is 0 Å². The van der Waals surface area contributed by atoms with Crippen LogP contribution in [0.3, 0.4) is 0 Å². The van der Waals surface area contributed by atoms with Crippen molar-refractivity contribution in [1.29, 1.82) is 0 Å². The van der Waals surface area contributed by atoms with Gasteiger partial charge in [-0.05, 0) is 0 Å². The summed E-state index contributed by atoms with van der Waals surface area (Å²) in [4.78, 5) is 11.9. The van der Waals surface area contributed by atoms with Gasteiger partial charge < -0.3 is 0 Å². The minimum atomic E-state index is 0.236. The molecule has 0 aromatic heterocycles. The van der Waals surface area contributed by atoms with Crippen LogP contribution < -0.4 is 4.46 Å². The van der Waals surface area contributed by atoms with Crippen molar-refractivity contribution in [1.82, 2.24) is 0 Å². The van der Waals surface area contributed by atoms with Crippen molar-refractivity contribution < 1.29 is 4.79 Å². The van der Waals surface area contributed by atoms with E-state index in [1.54, 1.807) is 0 Å². The van der Waals surface area contributed by atoms with Crippen molar-refractivity contribution in [3.05, 3.63) is 42.5 Å². The molecule has 0 heterocycles. The molecule has 84 valence electrons. The van der Waals surface area contributed by atoms with Crippen LogP contribution in [0.15, 0.2) is 42.5 Å². The van der Waals surface area contributed by atoms with Gasteiger partial charge in [0.15, 0.2) is 0 Å². The van der Waals surface area contributed by atoms with Crippen molar-refractivity contribution in [3.63, 3.8) is 0 Å². The van der Waals surface area contributed by atoms with Crippen molar-refractivity contribution in [2.24, 2.45) is 5.92 Å². The van der Waals surface area contributed by atoms with E-state index < -0.39 is 0 Å². The monoisotopic (exact) mass is 298 g/mol. The fourth-order valence-electron chi connectivity index (χ4n) is 1.64. The normalized spacial score (nSPS) is 19.6. The quantitative estimate of drug-likeness (QED) is 0.630. The predicted octanol–water partition coefficient (Wildman–Crippen LogP) is 2.55. The van der Waals surface area contributed by atoms with Crippen molar-refractivity contribution in [2.45, 2.75) is 19.3 Å². The molecule has 1 aliphatic rings. The van der Waals surface area contributed by atoms with Crippen LogP contribution in [0.4, 0.5) is 0 Å². The second-order valence-corrected chi connectivity index (χ2v) is 7.60. The fraction of sp³-hybridized carbons (Fsp3) is 0.308. The molecule has 0 aliphatic heterocycles. The molecule has 0 spiro atoms. The molecule has 1 unspecified atom stereocenters. The summed E-state index contributed by atoms with van der Waals surface area (Å²) in [5, 5.41) is 0.383. The molecule has 1 aromatic rings. The van der Waals surface area contributed by atoms with Crippen LogP contribution in [-0.4, -0.2) is 19.0 Å². The van der Waals surface area contributed by atoms with E-state index in [2.05, 4.69) is 24.3 Å². The Morgan fingerprint density at radius 3 is 2.75 bits per heavy atom. The van der Waals surface area contributed by atoms with E-state index >= 15 is 0 Å². The van der Waals surface area contributed by atoms with Crippen LogP contribution in [0.5, 0.6) is 0 Å². The van der Waals surface area contributed by atoms with E-state index in [0.717, 1.165) is 19.3 Å². The fourth-order valence-corrected chi connectivity index (χ4v) is 5.29. The van der Waals surface area contributed by atoms with Gasteiger partial charge in [-0.3, -0.25) is 0 Å². The molecule has 3 heteroatoms. The molecule has 1 aromatic carbocycles. The Bertz CT molecular complexity index is 375. The third-order valence-electron chi connectivity index (χ3n) is 2.57. The van der Waals surface area contributed by atoms with E-state index in [1.165, 1.54) is 14.6 Å². The molecule has 0 radical (unpaired) electrons. The molecule has 0 bridgehead atoms. The summed E-state index contributed by atoms with van der Waals surface area (Å²) in [5.41, 5.74) is 0. The van der Waals surface area contributed by atoms with Crippen LogP contribution in [0.25, 0.3) is 0 Å². The zero-order chi connectivity index (χ0) is 11.2. The average Bonchev–Trinajstić information content (AvgIpc) is 2.38. The molecular weight excluding hydrogens is 283 g/mol. The molecule has 1 atom stereocenters. The predicted molar refractivity (Wildman–Crippen MR) is 70.9 cm³/mol. The Balaban J connectivity index is 1.82. The van der Waals surface area contributed by atoms with Gasteiger partial charge in [-0.2, -0.15) is 0 Å². The van der Waals surface area contributed by atoms with Crippen LogP contribution in [0.1, 0.15) is 19.3 Å². The molecule has 2 rings (SSSR count). The van der Waals surface area contributed by atoms with Gasteiger partial charge in [0, 0.05) is 0 Å². The molecule has 16 heavy (non-hydrogen) atoms. The molecule has 0 saturated carbocycles. The Morgan fingerprint density at radius 1 is 1.25 bits per heavy atom. The zero-order valence-electron chi connectivity index (χ0n) is 8.96. The summed E-state index contributed by atoms with van der Waals surface area (Å²) in [6, 6.07) is 10.3. The van der Waals surface area contributed by atoms with Crippen LogP contribution in [-0.2, 0) is 4.79 Å². The van der Waals surface area contributed by atoms with E-state index in [4.69, 9.17) is 0 Å². The number of allylic oxidation sites excluding steroid dienone is 2. The van der Waals surface area contributed by atoms with E-state index in [-0.39, 0.29) is 19.8 Å². The molecule has 0 amide bonds. The Hall–Kier alpha value is -0.501. The van der Waals surface area contributed by atoms with Crippen molar-refractivity contribution in [3.8, 4) is 0 Å². The topological polar surface area (TPSA) is 17.1 Å². The first-order valence-corrected chi connectivity index (χ1v) is 9.14. The van der Waals surface area contributed by atoms with Gasteiger partial charge in [0.25, 0.3) is 0 Å². The first kappa shape index (κ1) is 12.0. The molecule has 0 N–H and O–H groups in total. The number of carbonyl (C=O) groups is 1. The Kier molecular flexibility index (Phi) is 4.70. The summed E-state index contributed by atoms with van der Waals surface area (Å²) in [5.74, 6) is 0.264. The number of rotatable bonds is 3. The summed E-state index contributed by atoms with van der Waals surface area (Å²) < 4.78 is 1.29. The third-order valence-corrected chi connectivity index (χ3v) is 6.68. The molecule has 0 saturated heterocycles. The molecule has 1 nitrogen and oxygen atoms in total. The first-order chi connectivity index (χ1) is 7.86. The second-order valence-electron chi connectivity index (χ2n) is 3.78. The van der Waals surface area contributed by atoms with Gasteiger partial charge in [0.2, 0.25) is 0 Å². The zero-order valence-corrected chi connectivity index (χ0v) is 11.5. The molecule has 0 fully saturated rings. The first-order valence-electron chi connectivity index (χ1n) is 5.44. The summed E-state index contributed by atoms with van der Waals surface area (Å²) in [6.45, 7) is 0. The van der Waals surface area contributed by atoms with Crippen LogP contribution >= 0.6 is 10.2 Å². The SMILES string of the molecule is O=C(S[Se]c1ccccc1)C1CC=CCC1. The van der Waals surface area contributed by atoms with Crippen molar-refractivity contribution in [2.75, 3.05) is 0 Å². The van der Waals surface area contributed by atoms with Gasteiger partial charge in [-0.25, -0.2) is 0 Å². The Morgan fingerprint density at radius 2 is 2.06 bits per heavy atom.